The van der Waals surface area contributed by atoms with Crippen molar-refractivity contribution in [3.05, 3.63) is 33.8 Å². The fourth-order valence-corrected chi connectivity index (χ4v) is 2.19. The van der Waals surface area contributed by atoms with E-state index < -0.39 is 0 Å². The zero-order valence-corrected chi connectivity index (χ0v) is 13.2. The summed E-state index contributed by atoms with van der Waals surface area (Å²) in [6, 6.07) is 5.90. The Morgan fingerprint density at radius 2 is 1.83 bits per heavy atom. The molecule has 1 aromatic rings. The Hall–Kier alpha value is -0.240. The number of benzene rings is 1. The van der Waals surface area contributed by atoms with Gasteiger partial charge in [-0.05, 0) is 63.8 Å². The van der Waals surface area contributed by atoms with Crippen molar-refractivity contribution < 1.29 is 0 Å². The Labute approximate surface area is 121 Å². The van der Waals surface area contributed by atoms with Crippen LogP contribution in [0.15, 0.2) is 18.2 Å². The van der Waals surface area contributed by atoms with Gasteiger partial charge >= 0.3 is 0 Å². The van der Waals surface area contributed by atoms with Crippen LogP contribution >= 0.6 is 23.2 Å². The van der Waals surface area contributed by atoms with Crippen molar-refractivity contribution in [1.29, 1.82) is 0 Å². The van der Waals surface area contributed by atoms with Gasteiger partial charge in [-0.1, -0.05) is 36.2 Å². The highest BCUT2D eigenvalue weighted by Gasteiger charge is 2.10. The number of halogens is 2. The van der Waals surface area contributed by atoms with Gasteiger partial charge in [0.2, 0.25) is 0 Å². The van der Waals surface area contributed by atoms with E-state index >= 15 is 0 Å². The van der Waals surface area contributed by atoms with Crippen molar-refractivity contribution in [2.75, 3.05) is 6.54 Å². The van der Waals surface area contributed by atoms with Gasteiger partial charge in [0.1, 0.15) is 0 Å². The van der Waals surface area contributed by atoms with Crippen LogP contribution in [0.1, 0.15) is 39.7 Å². The first-order valence-electron chi connectivity index (χ1n) is 6.47. The maximum Gasteiger partial charge on any atom is 0.0595 e. The van der Waals surface area contributed by atoms with Crippen LogP contribution in [-0.2, 0) is 6.42 Å². The summed E-state index contributed by atoms with van der Waals surface area (Å²) in [5, 5.41) is 4.79. The average Bonchev–Trinajstić information content (AvgIpc) is 2.21. The van der Waals surface area contributed by atoms with Crippen molar-refractivity contribution in [2.45, 2.75) is 46.1 Å². The Morgan fingerprint density at radius 1 is 1.17 bits per heavy atom. The summed E-state index contributed by atoms with van der Waals surface area (Å²) in [7, 11) is 0. The fourth-order valence-electron chi connectivity index (χ4n) is 1.86. The van der Waals surface area contributed by atoms with Crippen LogP contribution in [0.3, 0.4) is 0 Å². The molecule has 0 saturated carbocycles. The minimum Gasteiger partial charge on any atom is -0.312 e. The minimum absolute atomic E-state index is 0.198. The second-order valence-corrected chi connectivity index (χ2v) is 6.84. The SMILES string of the molecule is CC(CCNC(C)(C)C)Cc1ccc(Cl)c(Cl)c1. The van der Waals surface area contributed by atoms with Crippen LogP contribution in [0.25, 0.3) is 0 Å². The lowest BCUT2D eigenvalue weighted by atomic mass is 9.97. The molecule has 18 heavy (non-hydrogen) atoms. The quantitative estimate of drug-likeness (QED) is 0.808. The molecule has 3 heteroatoms. The van der Waals surface area contributed by atoms with Crippen LogP contribution in [-0.4, -0.2) is 12.1 Å². The smallest absolute Gasteiger partial charge is 0.0595 e. The van der Waals surface area contributed by atoms with E-state index in [4.69, 9.17) is 23.2 Å². The molecule has 0 heterocycles. The molecule has 0 aliphatic carbocycles. The van der Waals surface area contributed by atoms with Crippen LogP contribution in [0, 0.1) is 5.92 Å². The Bertz CT molecular complexity index is 383. The van der Waals surface area contributed by atoms with E-state index in [0.717, 1.165) is 19.4 Å². The normalized spacial score (nSPS) is 13.7. The number of hydrogen-bond acceptors (Lipinski definition) is 1. The van der Waals surface area contributed by atoms with E-state index in [0.29, 0.717) is 16.0 Å². The van der Waals surface area contributed by atoms with Gasteiger partial charge in [0.15, 0.2) is 0 Å². The summed E-state index contributed by atoms with van der Waals surface area (Å²) in [6.07, 6.45) is 2.21. The molecular weight excluding hydrogens is 265 g/mol. The molecule has 0 bridgehead atoms. The first kappa shape index (κ1) is 15.8. The lowest BCUT2D eigenvalue weighted by Crippen LogP contribution is -2.37. The summed E-state index contributed by atoms with van der Waals surface area (Å²) in [5.74, 6) is 0.636. The fraction of sp³-hybridized carbons (Fsp3) is 0.600. The topological polar surface area (TPSA) is 12.0 Å². The molecule has 0 spiro atoms. The second-order valence-electron chi connectivity index (χ2n) is 6.02. The van der Waals surface area contributed by atoms with Gasteiger partial charge in [-0.2, -0.15) is 0 Å². The summed E-state index contributed by atoms with van der Waals surface area (Å²) in [4.78, 5) is 0. The molecule has 1 N–H and O–H groups in total. The van der Waals surface area contributed by atoms with Crippen molar-refractivity contribution >= 4 is 23.2 Å². The summed E-state index contributed by atoms with van der Waals surface area (Å²) >= 11 is 11.9. The predicted molar refractivity (Wildman–Crippen MR) is 81.7 cm³/mol. The van der Waals surface area contributed by atoms with Gasteiger partial charge in [-0.25, -0.2) is 0 Å². The van der Waals surface area contributed by atoms with Crippen LogP contribution in [0.2, 0.25) is 10.0 Å². The lowest BCUT2D eigenvalue weighted by Gasteiger charge is -2.22. The molecule has 1 rings (SSSR count). The van der Waals surface area contributed by atoms with Gasteiger partial charge < -0.3 is 5.32 Å². The second kappa shape index (κ2) is 6.79. The third-order valence-electron chi connectivity index (χ3n) is 2.86. The molecule has 0 saturated heterocycles. The number of nitrogens with one attached hydrogen (secondary N) is 1. The van der Waals surface area contributed by atoms with Crippen molar-refractivity contribution in [3.8, 4) is 0 Å². The average molecular weight is 288 g/mol. The highest BCUT2D eigenvalue weighted by molar-refractivity contribution is 6.42. The van der Waals surface area contributed by atoms with E-state index in [-0.39, 0.29) is 5.54 Å². The molecule has 0 radical (unpaired) electrons. The maximum absolute atomic E-state index is 6.02. The van der Waals surface area contributed by atoms with E-state index in [1.165, 1.54) is 5.56 Å². The first-order valence-corrected chi connectivity index (χ1v) is 7.22. The maximum atomic E-state index is 6.02. The largest absolute Gasteiger partial charge is 0.312 e. The van der Waals surface area contributed by atoms with Gasteiger partial charge in [-0.3, -0.25) is 0 Å². The third kappa shape index (κ3) is 6.08. The van der Waals surface area contributed by atoms with Crippen LogP contribution in [0.5, 0.6) is 0 Å². The highest BCUT2D eigenvalue weighted by Crippen LogP contribution is 2.24. The van der Waals surface area contributed by atoms with Crippen LogP contribution < -0.4 is 5.32 Å². The van der Waals surface area contributed by atoms with Gasteiger partial charge in [0.25, 0.3) is 0 Å². The lowest BCUT2D eigenvalue weighted by molar-refractivity contribution is 0.394. The zero-order valence-electron chi connectivity index (χ0n) is 11.7. The van der Waals surface area contributed by atoms with E-state index in [9.17, 15) is 0 Å². The first-order chi connectivity index (χ1) is 8.28. The summed E-state index contributed by atoms with van der Waals surface area (Å²) in [5.41, 5.74) is 1.45. The number of rotatable bonds is 5. The van der Waals surface area contributed by atoms with Crippen molar-refractivity contribution in [3.63, 3.8) is 0 Å². The molecule has 1 unspecified atom stereocenters. The standard InChI is InChI=1S/C15H23Cl2N/c1-11(7-8-18-15(2,3)4)9-12-5-6-13(16)14(17)10-12/h5-6,10-11,18H,7-9H2,1-4H3. The summed E-state index contributed by atoms with van der Waals surface area (Å²) in [6.45, 7) is 9.89. The van der Waals surface area contributed by atoms with E-state index in [2.05, 4.69) is 39.1 Å². The molecule has 1 atom stereocenters. The van der Waals surface area contributed by atoms with E-state index in [1.54, 1.807) is 0 Å². The zero-order chi connectivity index (χ0) is 13.8. The number of hydrogen-bond donors (Lipinski definition) is 1. The van der Waals surface area contributed by atoms with Crippen LogP contribution in [0.4, 0.5) is 0 Å². The molecule has 1 aromatic carbocycles. The molecule has 0 fully saturated rings. The van der Waals surface area contributed by atoms with Gasteiger partial charge in [0.05, 0.1) is 10.0 Å². The minimum atomic E-state index is 0.198. The Morgan fingerprint density at radius 3 is 2.39 bits per heavy atom. The Balaban J connectivity index is 2.40. The van der Waals surface area contributed by atoms with Crippen molar-refractivity contribution in [1.82, 2.24) is 5.32 Å². The van der Waals surface area contributed by atoms with E-state index in [1.807, 2.05) is 12.1 Å². The molecule has 0 aliphatic heterocycles. The van der Waals surface area contributed by atoms with Gasteiger partial charge in [0, 0.05) is 5.54 Å². The summed E-state index contributed by atoms with van der Waals surface area (Å²) < 4.78 is 0. The predicted octanol–water partition coefficient (Wildman–Crippen LogP) is 4.95. The molecule has 102 valence electrons. The molecular formula is C15H23Cl2N. The highest BCUT2D eigenvalue weighted by atomic mass is 35.5. The molecule has 1 nitrogen and oxygen atoms in total. The van der Waals surface area contributed by atoms with Gasteiger partial charge in [-0.15, -0.1) is 0 Å². The monoisotopic (exact) mass is 287 g/mol. The van der Waals surface area contributed by atoms with Crippen molar-refractivity contribution in [2.24, 2.45) is 5.92 Å². The molecule has 0 aliphatic rings. The molecule has 0 aromatic heterocycles. The third-order valence-corrected chi connectivity index (χ3v) is 3.60. The molecule has 0 amide bonds. The Kier molecular flexibility index (Phi) is 5.97.